The highest BCUT2D eigenvalue weighted by atomic mass is 16.3. The summed E-state index contributed by atoms with van der Waals surface area (Å²) in [5, 5.41) is 23.0. The molecule has 1 amide bonds. The van der Waals surface area contributed by atoms with Crippen LogP contribution in [0.25, 0.3) is 0 Å². The number of aliphatic hydroxyl groups excluding tert-OH is 2. The van der Waals surface area contributed by atoms with E-state index in [9.17, 15) is 15.0 Å². The Bertz CT molecular complexity index is 731. The Morgan fingerprint density at radius 3 is 1.27 bits per heavy atom. The quantitative estimate of drug-likeness (QED) is 0.0451. The van der Waals surface area contributed by atoms with Crippen molar-refractivity contribution in [1.82, 2.24) is 5.32 Å². The summed E-state index contributed by atoms with van der Waals surface area (Å²) in [6, 6.07) is -0.534. The third kappa shape index (κ3) is 35.9. The monoisotopic (exact) mass is 674 g/mol. The minimum atomic E-state index is -0.657. The van der Waals surface area contributed by atoms with Crippen LogP contribution >= 0.6 is 0 Å². The Hall–Kier alpha value is -1.39. The largest absolute Gasteiger partial charge is 0.394 e. The van der Waals surface area contributed by atoms with Crippen molar-refractivity contribution in [2.75, 3.05) is 6.61 Å². The summed E-state index contributed by atoms with van der Waals surface area (Å²) >= 11 is 0. The topological polar surface area (TPSA) is 69.6 Å². The van der Waals surface area contributed by atoms with Crippen LogP contribution in [-0.4, -0.2) is 34.9 Å². The molecule has 0 saturated carbocycles. The van der Waals surface area contributed by atoms with Crippen molar-refractivity contribution in [3.8, 4) is 0 Å². The second-order valence-corrected chi connectivity index (χ2v) is 14.4. The van der Waals surface area contributed by atoms with Gasteiger partial charge in [-0.2, -0.15) is 0 Å². The molecule has 282 valence electrons. The first-order valence-corrected chi connectivity index (χ1v) is 21.2. The van der Waals surface area contributed by atoms with Crippen molar-refractivity contribution < 1.29 is 15.0 Å². The molecule has 0 aliphatic heterocycles. The maximum Gasteiger partial charge on any atom is 0.220 e. The number of allylic oxidation sites excluding steroid dienone is 6. The van der Waals surface area contributed by atoms with E-state index in [4.69, 9.17) is 0 Å². The van der Waals surface area contributed by atoms with Gasteiger partial charge in [-0.1, -0.05) is 198 Å². The molecule has 0 rings (SSSR count). The molecule has 0 saturated heterocycles. The van der Waals surface area contributed by atoms with Crippen molar-refractivity contribution in [3.05, 3.63) is 36.5 Å². The average molecular weight is 674 g/mol. The lowest BCUT2D eigenvalue weighted by molar-refractivity contribution is -0.123. The summed E-state index contributed by atoms with van der Waals surface area (Å²) in [7, 11) is 0. The number of hydrogen-bond donors (Lipinski definition) is 3. The van der Waals surface area contributed by atoms with E-state index in [1.54, 1.807) is 0 Å². The highest BCUT2D eigenvalue weighted by molar-refractivity contribution is 5.76. The predicted octanol–water partition coefficient (Wildman–Crippen LogP) is 13.0. The van der Waals surface area contributed by atoms with Gasteiger partial charge >= 0.3 is 0 Å². The number of unbranched alkanes of at least 4 members (excludes halogenated alkanes) is 25. The van der Waals surface area contributed by atoms with E-state index in [1.807, 2.05) is 0 Å². The average Bonchev–Trinajstić information content (AvgIpc) is 3.09. The number of nitrogens with one attached hydrogen (secondary N) is 1. The highest BCUT2D eigenvalue weighted by Crippen LogP contribution is 2.15. The van der Waals surface area contributed by atoms with Crippen LogP contribution in [0.1, 0.15) is 219 Å². The van der Waals surface area contributed by atoms with E-state index in [-0.39, 0.29) is 12.5 Å². The summed E-state index contributed by atoms with van der Waals surface area (Å²) < 4.78 is 0. The molecule has 2 unspecified atom stereocenters. The second-order valence-electron chi connectivity index (χ2n) is 14.4. The lowest BCUT2D eigenvalue weighted by Crippen LogP contribution is -2.45. The van der Waals surface area contributed by atoms with E-state index in [1.165, 1.54) is 154 Å². The lowest BCUT2D eigenvalue weighted by atomic mass is 10.0. The van der Waals surface area contributed by atoms with Gasteiger partial charge in [0.05, 0.1) is 18.8 Å². The van der Waals surface area contributed by atoms with Gasteiger partial charge in [-0.25, -0.2) is 0 Å². The van der Waals surface area contributed by atoms with Gasteiger partial charge in [0.25, 0.3) is 0 Å². The smallest absolute Gasteiger partial charge is 0.220 e. The van der Waals surface area contributed by atoms with Crippen molar-refractivity contribution in [2.24, 2.45) is 0 Å². The first-order valence-electron chi connectivity index (χ1n) is 21.2. The van der Waals surface area contributed by atoms with Crippen LogP contribution < -0.4 is 5.32 Å². The number of aliphatic hydroxyl groups is 2. The molecule has 0 aromatic rings. The summed E-state index contributed by atoms with van der Waals surface area (Å²) in [6.07, 6.45) is 52.2. The fraction of sp³-hybridized carbons (Fsp3) is 0.841. The third-order valence-electron chi connectivity index (χ3n) is 9.65. The normalized spacial score (nSPS) is 13.3. The number of carbonyl (C=O) groups is 1. The predicted molar refractivity (Wildman–Crippen MR) is 212 cm³/mol. The number of amides is 1. The third-order valence-corrected chi connectivity index (χ3v) is 9.65. The molecule has 0 bridgehead atoms. The van der Waals surface area contributed by atoms with E-state index in [0.29, 0.717) is 12.8 Å². The van der Waals surface area contributed by atoms with Gasteiger partial charge in [0.2, 0.25) is 5.91 Å². The van der Waals surface area contributed by atoms with Crippen molar-refractivity contribution in [3.63, 3.8) is 0 Å². The van der Waals surface area contributed by atoms with E-state index in [2.05, 4.69) is 55.6 Å². The lowest BCUT2D eigenvalue weighted by Gasteiger charge is -2.22. The number of hydrogen-bond acceptors (Lipinski definition) is 3. The Labute approximate surface area is 300 Å². The molecule has 0 aromatic carbocycles. The van der Waals surface area contributed by atoms with Gasteiger partial charge in [-0.05, 0) is 51.4 Å². The van der Waals surface area contributed by atoms with Crippen LogP contribution in [0.2, 0.25) is 0 Å². The Balaban J connectivity index is 3.48. The summed E-state index contributed by atoms with van der Waals surface area (Å²) in [5.41, 5.74) is 0. The maximum atomic E-state index is 12.3. The fourth-order valence-corrected chi connectivity index (χ4v) is 6.37. The SMILES string of the molecule is CCCCCCC/C=C\C/C=C\C/C=C\CCCCCCCCCCCCCCC(=O)NC(CO)C(O)CCCCCCCCCCC. The van der Waals surface area contributed by atoms with Crippen molar-refractivity contribution >= 4 is 5.91 Å². The molecule has 0 heterocycles. The van der Waals surface area contributed by atoms with Gasteiger partial charge in [0.15, 0.2) is 0 Å². The molecule has 0 spiro atoms. The molecule has 3 N–H and O–H groups in total. The van der Waals surface area contributed by atoms with Gasteiger partial charge in [0.1, 0.15) is 0 Å². The van der Waals surface area contributed by atoms with Crippen LogP contribution in [-0.2, 0) is 4.79 Å². The zero-order chi connectivity index (χ0) is 35.0. The highest BCUT2D eigenvalue weighted by Gasteiger charge is 2.19. The Morgan fingerprint density at radius 1 is 0.500 bits per heavy atom. The Morgan fingerprint density at radius 2 is 0.854 bits per heavy atom. The zero-order valence-electron chi connectivity index (χ0n) is 32.3. The molecule has 0 aromatic heterocycles. The van der Waals surface area contributed by atoms with Crippen molar-refractivity contribution in [2.45, 2.75) is 231 Å². The molecule has 0 radical (unpaired) electrons. The summed E-state index contributed by atoms with van der Waals surface area (Å²) in [4.78, 5) is 12.3. The first-order chi connectivity index (χ1) is 23.7. The molecule has 0 aliphatic carbocycles. The van der Waals surface area contributed by atoms with E-state index < -0.39 is 12.1 Å². The zero-order valence-corrected chi connectivity index (χ0v) is 32.3. The molecule has 0 fully saturated rings. The summed E-state index contributed by atoms with van der Waals surface area (Å²) in [5.74, 6) is -0.0363. The minimum absolute atomic E-state index is 0.0363. The standard InChI is InChI=1S/C44H83NO3/c1-3-5-7-9-11-13-14-15-16-17-18-19-20-21-22-23-24-25-26-27-28-29-30-32-34-36-38-40-44(48)45-42(41-46)43(47)39-37-35-33-31-12-10-8-6-4-2/h14-15,17-18,20-21,42-43,46-47H,3-13,16,19,22-41H2,1-2H3,(H,45,48)/b15-14-,18-17-,21-20-. The molecular weight excluding hydrogens is 590 g/mol. The van der Waals surface area contributed by atoms with Crippen LogP contribution in [0.5, 0.6) is 0 Å². The van der Waals surface area contributed by atoms with Crippen LogP contribution in [0.15, 0.2) is 36.5 Å². The van der Waals surface area contributed by atoms with Crippen molar-refractivity contribution in [1.29, 1.82) is 0 Å². The molecule has 4 heteroatoms. The van der Waals surface area contributed by atoms with Gasteiger partial charge < -0.3 is 15.5 Å². The van der Waals surface area contributed by atoms with Gasteiger partial charge in [0, 0.05) is 6.42 Å². The summed E-state index contributed by atoms with van der Waals surface area (Å²) in [6.45, 7) is 4.32. The van der Waals surface area contributed by atoms with E-state index >= 15 is 0 Å². The van der Waals surface area contributed by atoms with Gasteiger partial charge in [-0.15, -0.1) is 0 Å². The second kappa shape index (κ2) is 40.0. The minimum Gasteiger partial charge on any atom is -0.394 e. The molecular formula is C44H83NO3. The number of carbonyl (C=O) groups excluding carboxylic acids is 1. The van der Waals surface area contributed by atoms with Crippen LogP contribution in [0.3, 0.4) is 0 Å². The fourth-order valence-electron chi connectivity index (χ4n) is 6.37. The van der Waals surface area contributed by atoms with Crippen LogP contribution in [0, 0.1) is 0 Å². The molecule has 2 atom stereocenters. The maximum absolute atomic E-state index is 12.3. The van der Waals surface area contributed by atoms with Gasteiger partial charge in [-0.3, -0.25) is 4.79 Å². The molecule has 4 nitrogen and oxygen atoms in total. The Kier molecular flexibility index (Phi) is 38.9. The number of rotatable bonds is 38. The first kappa shape index (κ1) is 46.6. The molecule has 0 aliphatic rings. The molecule has 48 heavy (non-hydrogen) atoms. The van der Waals surface area contributed by atoms with E-state index in [0.717, 1.165) is 38.5 Å². The van der Waals surface area contributed by atoms with Crippen LogP contribution in [0.4, 0.5) is 0 Å².